The molecular weight excluding hydrogens is 227 g/mol. The van der Waals surface area contributed by atoms with Gasteiger partial charge in [-0.2, -0.15) is 0 Å². The van der Waals surface area contributed by atoms with Crippen LogP contribution in [-0.2, 0) is 0 Å². The zero-order valence-corrected chi connectivity index (χ0v) is 11.2. The van der Waals surface area contributed by atoms with Crippen LogP contribution in [0.2, 0.25) is 0 Å². The van der Waals surface area contributed by atoms with Crippen LogP contribution in [0.1, 0.15) is 32.1 Å². The lowest BCUT2D eigenvalue weighted by Crippen LogP contribution is -2.34. The molecule has 1 aliphatic rings. The molecule has 0 radical (unpaired) electrons. The Morgan fingerprint density at radius 1 is 1.33 bits per heavy atom. The third-order valence-corrected chi connectivity index (χ3v) is 3.72. The van der Waals surface area contributed by atoms with Crippen molar-refractivity contribution in [2.24, 2.45) is 0 Å². The Hall–Kier alpha value is -1.09. The Bertz CT molecular complexity index is 361. The first-order valence-electron chi connectivity index (χ1n) is 6.96. The van der Waals surface area contributed by atoms with Gasteiger partial charge >= 0.3 is 0 Å². The van der Waals surface area contributed by atoms with Gasteiger partial charge in [0.05, 0.1) is 5.69 Å². The molecule has 1 atom stereocenters. The highest BCUT2D eigenvalue weighted by atomic mass is 19.1. The molecule has 1 aromatic carbocycles. The molecule has 0 aliphatic carbocycles. The minimum absolute atomic E-state index is 0.129. The molecule has 3 heteroatoms. The highest BCUT2D eigenvalue weighted by molar-refractivity contribution is 5.46. The van der Waals surface area contributed by atoms with E-state index in [0.29, 0.717) is 11.7 Å². The van der Waals surface area contributed by atoms with Crippen molar-refractivity contribution in [1.29, 1.82) is 0 Å². The fourth-order valence-electron chi connectivity index (χ4n) is 2.63. The van der Waals surface area contributed by atoms with Crippen LogP contribution < -0.4 is 10.2 Å². The van der Waals surface area contributed by atoms with Gasteiger partial charge in [0.15, 0.2) is 0 Å². The summed E-state index contributed by atoms with van der Waals surface area (Å²) in [6.07, 6.45) is 6.26. The van der Waals surface area contributed by atoms with E-state index >= 15 is 0 Å². The maximum atomic E-state index is 13.6. The lowest BCUT2D eigenvalue weighted by Gasteiger charge is -2.25. The number of benzene rings is 1. The van der Waals surface area contributed by atoms with Crippen molar-refractivity contribution in [1.82, 2.24) is 5.32 Å². The molecule has 2 nitrogen and oxygen atoms in total. The second-order valence-corrected chi connectivity index (χ2v) is 5.16. The van der Waals surface area contributed by atoms with Crippen LogP contribution in [0.4, 0.5) is 10.1 Å². The number of nitrogens with one attached hydrogen (secondary N) is 1. The van der Waals surface area contributed by atoms with Crippen molar-refractivity contribution in [2.45, 2.75) is 38.1 Å². The second-order valence-electron chi connectivity index (χ2n) is 5.16. The van der Waals surface area contributed by atoms with E-state index in [1.54, 1.807) is 6.07 Å². The van der Waals surface area contributed by atoms with Gasteiger partial charge in [0, 0.05) is 19.6 Å². The molecule has 1 aliphatic heterocycles. The highest BCUT2D eigenvalue weighted by Crippen LogP contribution is 2.18. The smallest absolute Gasteiger partial charge is 0.146 e. The van der Waals surface area contributed by atoms with Crippen molar-refractivity contribution in [3.05, 3.63) is 30.1 Å². The zero-order chi connectivity index (χ0) is 12.8. The van der Waals surface area contributed by atoms with Gasteiger partial charge in [0.1, 0.15) is 5.82 Å². The van der Waals surface area contributed by atoms with Gasteiger partial charge in [0.25, 0.3) is 0 Å². The molecule has 0 saturated carbocycles. The van der Waals surface area contributed by atoms with E-state index in [4.69, 9.17) is 0 Å². The van der Waals surface area contributed by atoms with Crippen LogP contribution in [-0.4, -0.2) is 26.2 Å². The second kappa shape index (κ2) is 6.74. The zero-order valence-electron chi connectivity index (χ0n) is 11.2. The highest BCUT2D eigenvalue weighted by Gasteiger charge is 2.12. The molecule has 2 rings (SSSR count). The summed E-state index contributed by atoms with van der Waals surface area (Å²) in [6, 6.07) is 7.66. The minimum Gasteiger partial charge on any atom is -0.372 e. The molecule has 0 spiro atoms. The summed E-state index contributed by atoms with van der Waals surface area (Å²) in [5, 5.41) is 3.55. The molecule has 100 valence electrons. The number of para-hydroxylation sites is 1. The summed E-state index contributed by atoms with van der Waals surface area (Å²) in [5.41, 5.74) is 0.703. The van der Waals surface area contributed by atoms with Crippen LogP contribution in [0.15, 0.2) is 24.3 Å². The summed E-state index contributed by atoms with van der Waals surface area (Å²) in [4.78, 5) is 2.01. The molecule has 1 saturated heterocycles. The summed E-state index contributed by atoms with van der Waals surface area (Å²) in [6.45, 7) is 2.08. The van der Waals surface area contributed by atoms with E-state index in [2.05, 4.69) is 5.32 Å². The van der Waals surface area contributed by atoms with Crippen molar-refractivity contribution < 1.29 is 4.39 Å². The Kier molecular flexibility index (Phi) is 5.00. The number of rotatable bonds is 5. The number of nitrogens with zero attached hydrogens (tertiary/aromatic N) is 1. The molecule has 1 heterocycles. The van der Waals surface area contributed by atoms with Crippen molar-refractivity contribution in [3.63, 3.8) is 0 Å². The average Bonchev–Trinajstić information content (AvgIpc) is 2.40. The minimum atomic E-state index is -0.129. The molecule has 0 bridgehead atoms. The molecule has 1 N–H and O–H groups in total. The average molecular weight is 250 g/mol. The van der Waals surface area contributed by atoms with Gasteiger partial charge in [-0.05, 0) is 44.4 Å². The monoisotopic (exact) mass is 250 g/mol. The number of hydrogen-bond donors (Lipinski definition) is 1. The van der Waals surface area contributed by atoms with Crippen molar-refractivity contribution in [3.8, 4) is 0 Å². The van der Waals surface area contributed by atoms with E-state index in [9.17, 15) is 4.39 Å². The van der Waals surface area contributed by atoms with Gasteiger partial charge in [-0.15, -0.1) is 0 Å². The standard InChI is InChI=1S/C15H23FN2/c1-18(15-10-3-2-9-14(15)16)12-6-8-13-7-4-5-11-17-13/h2-3,9-10,13,17H,4-8,11-12H2,1H3. The summed E-state index contributed by atoms with van der Waals surface area (Å²) < 4.78 is 13.6. The largest absolute Gasteiger partial charge is 0.372 e. The maximum Gasteiger partial charge on any atom is 0.146 e. The molecule has 1 unspecified atom stereocenters. The van der Waals surface area contributed by atoms with Gasteiger partial charge in [-0.1, -0.05) is 18.6 Å². The van der Waals surface area contributed by atoms with E-state index in [-0.39, 0.29) is 5.82 Å². The normalized spacial score (nSPS) is 19.8. The quantitative estimate of drug-likeness (QED) is 0.863. The van der Waals surface area contributed by atoms with Gasteiger partial charge < -0.3 is 10.2 Å². The molecule has 1 fully saturated rings. The Balaban J connectivity index is 1.74. The molecule has 0 amide bonds. The number of halogens is 1. The fourth-order valence-corrected chi connectivity index (χ4v) is 2.63. The lowest BCUT2D eigenvalue weighted by molar-refractivity contribution is 0.376. The molecular formula is C15H23FN2. The molecule has 1 aromatic rings. The predicted molar refractivity (Wildman–Crippen MR) is 74.5 cm³/mol. The maximum absolute atomic E-state index is 13.6. The first-order chi connectivity index (χ1) is 8.77. The van der Waals surface area contributed by atoms with Crippen LogP contribution in [0, 0.1) is 5.82 Å². The fraction of sp³-hybridized carbons (Fsp3) is 0.600. The predicted octanol–water partition coefficient (Wildman–Crippen LogP) is 3.18. The van der Waals surface area contributed by atoms with Crippen molar-refractivity contribution in [2.75, 3.05) is 25.0 Å². The first kappa shape index (κ1) is 13.3. The Morgan fingerprint density at radius 3 is 2.89 bits per heavy atom. The Labute approximate surface area is 109 Å². The van der Waals surface area contributed by atoms with Gasteiger partial charge in [-0.25, -0.2) is 4.39 Å². The molecule has 18 heavy (non-hydrogen) atoms. The van der Waals surface area contributed by atoms with Crippen LogP contribution in [0.3, 0.4) is 0 Å². The van der Waals surface area contributed by atoms with E-state index in [1.165, 1.54) is 31.7 Å². The SMILES string of the molecule is CN(CCCC1CCCCN1)c1ccccc1F. The van der Waals surface area contributed by atoms with Crippen LogP contribution in [0.5, 0.6) is 0 Å². The first-order valence-corrected chi connectivity index (χ1v) is 6.96. The van der Waals surface area contributed by atoms with Gasteiger partial charge in [-0.3, -0.25) is 0 Å². The number of piperidine rings is 1. The van der Waals surface area contributed by atoms with Gasteiger partial charge in [0.2, 0.25) is 0 Å². The lowest BCUT2D eigenvalue weighted by atomic mass is 10.0. The summed E-state index contributed by atoms with van der Waals surface area (Å²) >= 11 is 0. The van der Waals surface area contributed by atoms with E-state index in [0.717, 1.165) is 19.5 Å². The third kappa shape index (κ3) is 3.70. The summed E-state index contributed by atoms with van der Waals surface area (Å²) in [7, 11) is 1.96. The Morgan fingerprint density at radius 2 is 2.17 bits per heavy atom. The number of anilines is 1. The van der Waals surface area contributed by atoms with Crippen molar-refractivity contribution >= 4 is 5.69 Å². The third-order valence-electron chi connectivity index (χ3n) is 3.72. The number of hydrogen-bond acceptors (Lipinski definition) is 2. The van der Waals surface area contributed by atoms with E-state index in [1.807, 2.05) is 24.1 Å². The topological polar surface area (TPSA) is 15.3 Å². The molecule has 0 aromatic heterocycles. The van der Waals surface area contributed by atoms with Crippen LogP contribution >= 0.6 is 0 Å². The van der Waals surface area contributed by atoms with Crippen LogP contribution in [0.25, 0.3) is 0 Å². The van der Waals surface area contributed by atoms with E-state index < -0.39 is 0 Å². The summed E-state index contributed by atoms with van der Waals surface area (Å²) in [5.74, 6) is -0.129.